The number of aromatic nitrogens is 1. The number of hydrogen-bond donors (Lipinski definition) is 3. The molecule has 2 heterocycles. The third kappa shape index (κ3) is 9.47. The molecule has 8 rings (SSSR count). The molecule has 0 bridgehead atoms. The lowest BCUT2D eigenvalue weighted by atomic mass is 9.37. The van der Waals surface area contributed by atoms with Crippen molar-refractivity contribution in [2.45, 2.75) is 119 Å². The van der Waals surface area contributed by atoms with Gasteiger partial charge < -0.3 is 25.9 Å². The first-order valence-corrected chi connectivity index (χ1v) is 25.1. The lowest BCUT2D eigenvalue weighted by Gasteiger charge is -2.67. The highest BCUT2D eigenvalue weighted by molar-refractivity contribution is 7.85. The van der Waals surface area contributed by atoms with E-state index in [9.17, 15) is 23.4 Å². The van der Waals surface area contributed by atoms with Gasteiger partial charge in [-0.2, -0.15) is 0 Å². The van der Waals surface area contributed by atoms with Crippen LogP contribution < -0.4 is 16.0 Å². The summed E-state index contributed by atoms with van der Waals surface area (Å²) in [6.07, 6.45) is 16.9. The molecule has 7 aliphatic rings. The van der Waals surface area contributed by atoms with Gasteiger partial charge in [0.2, 0.25) is 0 Å². The maximum Gasteiger partial charge on any atom is 0.159 e. The summed E-state index contributed by atoms with van der Waals surface area (Å²) in [4.78, 5) is 54.9. The number of aliphatic hydroxyl groups is 1. The Balaban J connectivity index is 0.000000309. The second-order valence-electron chi connectivity index (χ2n) is 20.5. The Morgan fingerprint density at radius 2 is 1.64 bits per heavy atom. The van der Waals surface area contributed by atoms with E-state index < -0.39 is 10.8 Å². The number of Topliss-reactive ketones (excluding diaryl/α,β-unsaturated/α-hetero) is 2. The van der Waals surface area contributed by atoms with Crippen molar-refractivity contribution in [3.05, 3.63) is 35.0 Å². The fourth-order valence-electron chi connectivity index (χ4n) is 14.5. The number of aldehydes is 2. The first kappa shape index (κ1) is 49.4. The molecule has 4 N–H and O–H groups in total. The van der Waals surface area contributed by atoms with Crippen molar-refractivity contribution in [1.82, 2.24) is 10.3 Å². The monoisotopic (exact) mass is 865 g/mol. The van der Waals surface area contributed by atoms with Gasteiger partial charge in [0.25, 0.3) is 0 Å². The highest BCUT2D eigenvalue weighted by Gasteiger charge is 2.64. The molecule has 342 valence electrons. The predicted molar refractivity (Wildman–Crippen MR) is 247 cm³/mol. The van der Waals surface area contributed by atoms with Crippen LogP contribution in [0.5, 0.6) is 0 Å². The third-order valence-corrected chi connectivity index (χ3v) is 18.9. The molecular weight excluding hydrogens is 785 g/mol. The highest BCUT2D eigenvalue weighted by Crippen LogP contribution is 2.72. The van der Waals surface area contributed by atoms with Crippen molar-refractivity contribution in [2.75, 3.05) is 57.2 Å². The Hall–Kier alpha value is -2.60. The summed E-state index contributed by atoms with van der Waals surface area (Å²) in [5.41, 5.74) is 8.73. The summed E-state index contributed by atoms with van der Waals surface area (Å²) in [5, 5.41) is 10.4. The molecule has 1 aromatic heterocycles. The van der Waals surface area contributed by atoms with Crippen LogP contribution >= 0.6 is 0 Å². The Morgan fingerprint density at radius 3 is 2.23 bits per heavy atom. The average molecular weight is 865 g/mol. The Kier molecular flexibility index (Phi) is 17.0. The standard InChI is InChI=1S/C38H59NO3.C10H12N2O2S.CH5N.CH4O/c1-22(2)34-32(42)20-38(16-17-39-7)15-12-30-27(35(34)38)8-9-33-36(5)13-10-25(24(4)29(36)11-14-37(30,33)6)19-31(41)28-18-26(21-40)23(28)3;13-8-9-1-2-10(11-7-9)12-3-5-15(14)6-4-12;2*1-2/h21-30,33,39H,8-20H2,1-7H3;1-2,7-8H,3-6H2;2H2,1H3;2H,1H3. The smallest absolute Gasteiger partial charge is 0.159 e. The maximum absolute atomic E-state index is 13.6. The van der Waals surface area contributed by atoms with Crippen LogP contribution in [0.25, 0.3) is 0 Å². The van der Waals surface area contributed by atoms with Crippen molar-refractivity contribution >= 4 is 40.8 Å². The van der Waals surface area contributed by atoms with Crippen LogP contribution in [0.15, 0.2) is 29.5 Å². The van der Waals surface area contributed by atoms with Gasteiger partial charge in [0.05, 0.1) is 0 Å². The maximum atomic E-state index is 13.6. The van der Waals surface area contributed by atoms with Crippen LogP contribution in [0.4, 0.5) is 5.82 Å². The zero-order valence-corrected chi connectivity index (χ0v) is 39.9. The average Bonchev–Trinajstić information content (AvgIpc) is 3.58. The molecule has 12 atom stereocenters. The largest absolute Gasteiger partial charge is 0.400 e. The second-order valence-corrected chi connectivity index (χ2v) is 22.2. The summed E-state index contributed by atoms with van der Waals surface area (Å²) in [6.45, 7) is 17.0. The van der Waals surface area contributed by atoms with Crippen molar-refractivity contribution in [3.8, 4) is 0 Å². The minimum atomic E-state index is -0.666. The number of nitrogens with one attached hydrogen (secondary N) is 1. The number of nitrogens with two attached hydrogens (primary N) is 1. The summed E-state index contributed by atoms with van der Waals surface area (Å²) < 4.78 is 11.2. The lowest BCUT2D eigenvalue weighted by Crippen LogP contribution is -2.60. The molecule has 0 aromatic carbocycles. The van der Waals surface area contributed by atoms with E-state index in [0.717, 1.165) is 76.7 Å². The molecule has 6 aliphatic carbocycles. The summed E-state index contributed by atoms with van der Waals surface area (Å²) in [7, 11) is 3.89. The van der Waals surface area contributed by atoms with E-state index >= 15 is 0 Å². The van der Waals surface area contributed by atoms with Crippen LogP contribution in [0, 0.1) is 75.4 Å². The number of pyridine rings is 1. The van der Waals surface area contributed by atoms with E-state index in [4.69, 9.17) is 5.11 Å². The van der Waals surface area contributed by atoms with Crippen LogP contribution in [-0.4, -0.2) is 90.8 Å². The topological polar surface area (TPSA) is 160 Å². The van der Waals surface area contributed by atoms with Gasteiger partial charge in [-0.1, -0.05) is 47.1 Å². The number of anilines is 1. The van der Waals surface area contributed by atoms with Gasteiger partial charge in [0, 0.05) is 84.4 Å². The number of aliphatic hydroxyl groups excluding tert-OH is 1. The zero-order valence-electron chi connectivity index (χ0n) is 39.0. The molecule has 12 unspecified atom stereocenters. The molecule has 1 aliphatic heterocycles. The number of carbonyl (C=O) groups is 4. The van der Waals surface area contributed by atoms with E-state index in [-0.39, 0.29) is 23.2 Å². The fourth-order valence-corrected chi connectivity index (χ4v) is 15.5. The minimum Gasteiger partial charge on any atom is -0.400 e. The van der Waals surface area contributed by atoms with Crippen molar-refractivity contribution in [1.29, 1.82) is 0 Å². The van der Waals surface area contributed by atoms with Crippen molar-refractivity contribution in [3.63, 3.8) is 0 Å². The molecule has 1 saturated heterocycles. The minimum absolute atomic E-state index is 0.0974. The molecule has 0 radical (unpaired) electrons. The van der Waals surface area contributed by atoms with Gasteiger partial charge in [-0.15, -0.1) is 0 Å². The van der Waals surface area contributed by atoms with E-state index in [1.165, 1.54) is 64.0 Å². The van der Waals surface area contributed by atoms with Crippen molar-refractivity contribution < 1.29 is 28.5 Å². The van der Waals surface area contributed by atoms with Gasteiger partial charge in [0.1, 0.15) is 17.9 Å². The quantitative estimate of drug-likeness (QED) is 0.201. The van der Waals surface area contributed by atoms with Crippen LogP contribution in [0.2, 0.25) is 0 Å². The highest BCUT2D eigenvalue weighted by atomic mass is 32.2. The number of rotatable bonds is 10. The molecule has 5 saturated carbocycles. The van der Waals surface area contributed by atoms with Crippen LogP contribution in [0.1, 0.15) is 129 Å². The van der Waals surface area contributed by atoms with Gasteiger partial charge in [-0.05, 0) is 161 Å². The Bertz CT molecular complexity index is 1740. The van der Waals surface area contributed by atoms with Gasteiger partial charge in [-0.25, -0.2) is 4.98 Å². The fraction of sp³-hybridized carbons (Fsp3) is 0.780. The predicted octanol–water partition coefficient (Wildman–Crippen LogP) is 7.49. The van der Waals surface area contributed by atoms with Crippen LogP contribution in [0.3, 0.4) is 0 Å². The number of allylic oxidation sites excluding steroid dienone is 2. The van der Waals surface area contributed by atoms with Gasteiger partial charge in [-0.3, -0.25) is 18.6 Å². The number of hydrogen-bond acceptors (Lipinski definition) is 10. The lowest BCUT2D eigenvalue weighted by molar-refractivity contribution is -0.172. The Morgan fingerprint density at radius 1 is 0.984 bits per heavy atom. The first-order chi connectivity index (χ1) is 29.2. The van der Waals surface area contributed by atoms with E-state index in [1.807, 2.05) is 6.07 Å². The van der Waals surface area contributed by atoms with E-state index in [2.05, 4.69) is 69.5 Å². The number of nitrogens with zero attached hydrogens (tertiary/aromatic N) is 2. The van der Waals surface area contributed by atoms with Gasteiger partial charge in [0.15, 0.2) is 12.1 Å². The summed E-state index contributed by atoms with van der Waals surface area (Å²) in [5.74, 6) is 7.78. The second kappa shape index (κ2) is 20.9. The summed E-state index contributed by atoms with van der Waals surface area (Å²) in [6, 6.07) is 3.58. The molecule has 61 heavy (non-hydrogen) atoms. The molecular formula is C50H80N4O6S. The zero-order chi connectivity index (χ0) is 44.9. The van der Waals surface area contributed by atoms with Crippen LogP contribution in [-0.2, 0) is 25.2 Å². The third-order valence-electron chi connectivity index (χ3n) is 17.7. The first-order valence-electron chi connectivity index (χ1n) is 23.6. The number of fused-ring (bicyclic) bond motifs is 7. The molecule has 1 aromatic rings. The SMILES string of the molecule is CN.CNCCC12CCC3C(CCC4C3(C)CCC3C(C)C(CC(=O)C5CC(C=O)C5C)CCC34C)C1=C(C(C)C)C(=O)C2.CO.O=Cc1ccc(N2CCS(=O)CC2)nc1. The summed E-state index contributed by atoms with van der Waals surface area (Å²) >= 11 is 0. The molecule has 0 amide bonds. The van der Waals surface area contributed by atoms with Gasteiger partial charge >= 0.3 is 0 Å². The molecule has 6 fully saturated rings. The molecule has 10 nitrogen and oxygen atoms in total. The number of carbonyl (C=O) groups excluding carboxylic acids is 4. The number of ketones is 2. The Labute approximate surface area is 370 Å². The van der Waals surface area contributed by atoms with E-state index in [1.54, 1.807) is 17.8 Å². The normalized spacial score (nSPS) is 37.7. The molecule has 11 heteroatoms. The molecule has 0 spiro atoms. The van der Waals surface area contributed by atoms with E-state index in [0.29, 0.717) is 75.0 Å². The van der Waals surface area contributed by atoms with Crippen molar-refractivity contribution in [2.24, 2.45) is 81.2 Å².